The summed E-state index contributed by atoms with van der Waals surface area (Å²) >= 11 is 5.79. The minimum absolute atomic E-state index is 0.155. The Morgan fingerprint density at radius 1 is 1.22 bits per heavy atom. The summed E-state index contributed by atoms with van der Waals surface area (Å²) in [7, 11) is 0. The Labute approximate surface area is 142 Å². The Balaban J connectivity index is 1.89. The molecule has 1 amide bonds. The van der Waals surface area contributed by atoms with Crippen molar-refractivity contribution in [2.45, 2.75) is 52.2 Å². The Morgan fingerprint density at radius 3 is 2.52 bits per heavy atom. The predicted molar refractivity (Wildman–Crippen MR) is 90.4 cm³/mol. The van der Waals surface area contributed by atoms with Gasteiger partial charge in [0, 0.05) is 11.1 Å². The number of nitrogens with one attached hydrogen (secondary N) is 1. The Hall–Kier alpha value is -1.55. The quantitative estimate of drug-likeness (QED) is 0.849. The first-order chi connectivity index (χ1) is 10.9. The number of hydrogen-bond acceptors (Lipinski definition) is 3. The highest BCUT2D eigenvalue weighted by molar-refractivity contribution is 6.30. The first-order valence-electron chi connectivity index (χ1n) is 8.15. The summed E-state index contributed by atoms with van der Waals surface area (Å²) in [6.07, 6.45) is 2.49. The molecule has 4 nitrogen and oxygen atoms in total. The summed E-state index contributed by atoms with van der Waals surface area (Å²) in [6.45, 7) is 5.98. The number of halogens is 1. The zero-order chi connectivity index (χ0) is 17.0. The van der Waals surface area contributed by atoms with Crippen LogP contribution >= 0.6 is 11.6 Å². The smallest absolute Gasteiger partial charge is 0.338 e. The fourth-order valence-corrected chi connectivity index (χ4v) is 3.08. The molecule has 1 saturated carbocycles. The number of hydrogen-bond donors (Lipinski definition) is 1. The molecule has 0 aromatic heterocycles. The number of carbonyl (C=O) groups is 2. The van der Waals surface area contributed by atoms with Crippen LogP contribution in [0.4, 0.5) is 0 Å². The van der Waals surface area contributed by atoms with Crippen molar-refractivity contribution < 1.29 is 14.3 Å². The van der Waals surface area contributed by atoms with Crippen LogP contribution < -0.4 is 5.32 Å². The van der Waals surface area contributed by atoms with E-state index < -0.39 is 12.1 Å². The largest absolute Gasteiger partial charge is 0.449 e. The zero-order valence-corrected chi connectivity index (χ0v) is 14.6. The molecule has 1 aromatic rings. The maximum absolute atomic E-state index is 12.3. The molecule has 2 rings (SSSR count). The second kappa shape index (κ2) is 7.82. The van der Waals surface area contributed by atoms with Crippen LogP contribution in [0.3, 0.4) is 0 Å². The number of rotatable bonds is 4. The van der Waals surface area contributed by atoms with E-state index in [1.165, 1.54) is 6.42 Å². The molecular weight excluding hydrogens is 314 g/mol. The molecule has 126 valence electrons. The molecule has 4 atom stereocenters. The number of amides is 1. The minimum atomic E-state index is -0.817. The molecule has 1 aromatic carbocycles. The lowest BCUT2D eigenvalue weighted by Gasteiger charge is -2.35. The topological polar surface area (TPSA) is 55.4 Å². The van der Waals surface area contributed by atoms with E-state index in [0.717, 1.165) is 12.8 Å². The monoisotopic (exact) mass is 337 g/mol. The van der Waals surface area contributed by atoms with Crippen molar-refractivity contribution >= 4 is 23.5 Å². The first kappa shape index (κ1) is 17.8. The molecule has 1 fully saturated rings. The standard InChI is InChI=1S/C18H24ClNO3/c1-11-5-4-6-16(12(11)2)20-17(21)13(3)23-18(22)14-7-9-15(19)10-8-14/h7-13,16H,4-6H2,1-3H3,(H,20,21)/t11-,12+,13+,16-/m0/s1. The third-order valence-corrected chi connectivity index (χ3v) is 5.02. The molecule has 0 unspecified atom stereocenters. The van der Waals surface area contributed by atoms with Gasteiger partial charge in [-0.3, -0.25) is 4.79 Å². The highest BCUT2D eigenvalue weighted by atomic mass is 35.5. The molecule has 1 N–H and O–H groups in total. The van der Waals surface area contributed by atoms with Crippen LogP contribution in [0.2, 0.25) is 5.02 Å². The van der Waals surface area contributed by atoms with Gasteiger partial charge in [0.2, 0.25) is 0 Å². The second-order valence-corrected chi connectivity index (χ2v) is 6.87. The zero-order valence-electron chi connectivity index (χ0n) is 13.8. The van der Waals surface area contributed by atoms with E-state index in [1.54, 1.807) is 31.2 Å². The van der Waals surface area contributed by atoms with Crippen LogP contribution in [-0.4, -0.2) is 24.0 Å². The van der Waals surface area contributed by atoms with E-state index in [1.807, 2.05) is 0 Å². The van der Waals surface area contributed by atoms with Gasteiger partial charge >= 0.3 is 5.97 Å². The summed E-state index contributed by atoms with van der Waals surface area (Å²) in [5, 5.41) is 3.58. The average Bonchev–Trinajstić information content (AvgIpc) is 2.52. The molecule has 0 spiro atoms. The molecular formula is C18H24ClNO3. The van der Waals surface area contributed by atoms with Crippen molar-refractivity contribution in [3.05, 3.63) is 34.9 Å². The van der Waals surface area contributed by atoms with Gasteiger partial charge in [-0.25, -0.2) is 4.79 Å². The highest BCUT2D eigenvalue weighted by Crippen LogP contribution is 2.29. The van der Waals surface area contributed by atoms with Gasteiger partial charge in [0.05, 0.1) is 5.56 Å². The molecule has 1 aliphatic rings. The molecule has 0 saturated heterocycles. The first-order valence-corrected chi connectivity index (χ1v) is 8.53. The van der Waals surface area contributed by atoms with E-state index in [-0.39, 0.29) is 11.9 Å². The molecule has 5 heteroatoms. The van der Waals surface area contributed by atoms with Gasteiger partial charge < -0.3 is 10.1 Å². The fraction of sp³-hybridized carbons (Fsp3) is 0.556. The van der Waals surface area contributed by atoms with Gasteiger partial charge in [0.1, 0.15) is 0 Å². The normalized spacial score (nSPS) is 25.5. The third-order valence-electron chi connectivity index (χ3n) is 4.77. The lowest BCUT2D eigenvalue weighted by Crippen LogP contribution is -2.47. The van der Waals surface area contributed by atoms with Crippen LogP contribution in [-0.2, 0) is 9.53 Å². The fourth-order valence-electron chi connectivity index (χ4n) is 2.95. The van der Waals surface area contributed by atoms with E-state index >= 15 is 0 Å². The van der Waals surface area contributed by atoms with Crippen molar-refractivity contribution in [3.8, 4) is 0 Å². The van der Waals surface area contributed by atoms with Gasteiger partial charge in [0.15, 0.2) is 6.10 Å². The molecule has 0 heterocycles. The Morgan fingerprint density at radius 2 is 1.87 bits per heavy atom. The molecule has 23 heavy (non-hydrogen) atoms. The van der Waals surface area contributed by atoms with Crippen molar-refractivity contribution in [3.63, 3.8) is 0 Å². The van der Waals surface area contributed by atoms with Crippen molar-refractivity contribution in [1.82, 2.24) is 5.32 Å². The number of carbonyl (C=O) groups excluding carboxylic acids is 2. The van der Waals surface area contributed by atoms with E-state index in [0.29, 0.717) is 22.4 Å². The van der Waals surface area contributed by atoms with Gasteiger partial charge in [-0.1, -0.05) is 38.3 Å². The lowest BCUT2D eigenvalue weighted by molar-refractivity contribution is -0.130. The highest BCUT2D eigenvalue weighted by Gasteiger charge is 2.30. The predicted octanol–water partition coefficient (Wildman–Crippen LogP) is 3.83. The number of esters is 1. The molecule has 0 bridgehead atoms. The van der Waals surface area contributed by atoms with Crippen LogP contribution in [0, 0.1) is 11.8 Å². The molecule has 1 aliphatic carbocycles. The van der Waals surface area contributed by atoms with Crippen LogP contribution in [0.25, 0.3) is 0 Å². The van der Waals surface area contributed by atoms with Crippen molar-refractivity contribution in [2.75, 3.05) is 0 Å². The molecule has 0 radical (unpaired) electrons. The second-order valence-electron chi connectivity index (χ2n) is 6.44. The van der Waals surface area contributed by atoms with Crippen LogP contribution in [0.15, 0.2) is 24.3 Å². The Bertz CT molecular complexity index is 558. The lowest BCUT2D eigenvalue weighted by atomic mass is 9.78. The van der Waals surface area contributed by atoms with E-state index in [4.69, 9.17) is 16.3 Å². The summed E-state index contributed by atoms with van der Waals surface area (Å²) in [5.41, 5.74) is 0.383. The van der Waals surface area contributed by atoms with Crippen molar-refractivity contribution in [2.24, 2.45) is 11.8 Å². The van der Waals surface area contributed by atoms with Crippen molar-refractivity contribution in [1.29, 1.82) is 0 Å². The summed E-state index contributed by atoms with van der Waals surface area (Å²) in [4.78, 5) is 24.3. The van der Waals surface area contributed by atoms with Gasteiger partial charge in [0.25, 0.3) is 5.91 Å². The average molecular weight is 338 g/mol. The van der Waals surface area contributed by atoms with Gasteiger partial charge in [-0.2, -0.15) is 0 Å². The van der Waals surface area contributed by atoms with Crippen LogP contribution in [0.1, 0.15) is 50.4 Å². The van der Waals surface area contributed by atoms with Gasteiger partial charge in [-0.05, 0) is 49.4 Å². The summed E-state index contributed by atoms with van der Waals surface area (Å²) in [6, 6.07) is 6.56. The van der Waals surface area contributed by atoms with Gasteiger partial charge in [-0.15, -0.1) is 0 Å². The van der Waals surface area contributed by atoms with E-state index in [9.17, 15) is 9.59 Å². The Kier molecular flexibility index (Phi) is 6.05. The third kappa shape index (κ3) is 4.71. The van der Waals surface area contributed by atoms with E-state index in [2.05, 4.69) is 19.2 Å². The van der Waals surface area contributed by atoms with Crippen LogP contribution in [0.5, 0.6) is 0 Å². The summed E-state index contributed by atoms with van der Waals surface area (Å²) in [5.74, 6) is 0.278. The minimum Gasteiger partial charge on any atom is -0.449 e. The number of benzene rings is 1. The number of ether oxygens (including phenoxy) is 1. The maximum Gasteiger partial charge on any atom is 0.338 e. The summed E-state index contributed by atoms with van der Waals surface area (Å²) < 4.78 is 5.25. The SMILES string of the molecule is C[C@H]1[C@@H](NC(=O)[C@@H](C)OC(=O)c2ccc(Cl)cc2)CCC[C@@H]1C. The molecule has 0 aliphatic heterocycles. The maximum atomic E-state index is 12.3.